The van der Waals surface area contributed by atoms with Crippen LogP contribution >= 0.6 is 15.9 Å². The number of nitrogens with one attached hydrogen (secondary N) is 1. The first-order valence-electron chi connectivity index (χ1n) is 5.93. The number of hydrogen-bond donors (Lipinski definition) is 1. The van der Waals surface area contributed by atoms with Crippen molar-refractivity contribution in [1.82, 2.24) is 10.2 Å². The number of carbonyl (C=O) groups is 1. The minimum absolute atomic E-state index is 0.0294. The Morgan fingerprint density at radius 2 is 1.88 bits per heavy atom. The third kappa shape index (κ3) is 3.15. The van der Waals surface area contributed by atoms with Gasteiger partial charge < -0.3 is 5.32 Å². The Morgan fingerprint density at radius 3 is 2.47 bits per heavy atom. The summed E-state index contributed by atoms with van der Waals surface area (Å²) in [4.78, 5) is 14.5. The van der Waals surface area contributed by atoms with Crippen LogP contribution in [0.2, 0.25) is 0 Å². The summed E-state index contributed by atoms with van der Waals surface area (Å²) in [5, 5.41) is 3.30. The van der Waals surface area contributed by atoms with Gasteiger partial charge in [-0.15, -0.1) is 0 Å². The average Bonchev–Trinajstić information content (AvgIpc) is 2.39. The Morgan fingerprint density at radius 1 is 1.29 bits per heavy atom. The van der Waals surface area contributed by atoms with Gasteiger partial charge in [0.05, 0.1) is 6.04 Å². The SMILES string of the molecule is CC(C(=O)c1ccc(Br)cc1)N1CCNCC1. The minimum Gasteiger partial charge on any atom is -0.314 e. The van der Waals surface area contributed by atoms with E-state index in [4.69, 9.17) is 0 Å². The van der Waals surface area contributed by atoms with Gasteiger partial charge in [-0.05, 0) is 19.1 Å². The van der Waals surface area contributed by atoms with Crippen LogP contribution in [0.3, 0.4) is 0 Å². The molecule has 0 aromatic heterocycles. The predicted molar refractivity (Wildman–Crippen MR) is 72.4 cm³/mol. The molecule has 0 spiro atoms. The fourth-order valence-electron chi connectivity index (χ4n) is 2.09. The molecular formula is C13H17BrN2O. The second-order valence-electron chi connectivity index (χ2n) is 4.33. The maximum atomic E-state index is 12.3. The molecule has 1 aromatic carbocycles. The van der Waals surface area contributed by atoms with E-state index in [1.807, 2.05) is 31.2 Å². The molecule has 2 rings (SSSR count). The van der Waals surface area contributed by atoms with Gasteiger partial charge in [-0.2, -0.15) is 0 Å². The third-order valence-corrected chi connectivity index (χ3v) is 3.74. The van der Waals surface area contributed by atoms with Gasteiger partial charge in [0.25, 0.3) is 0 Å². The Balaban J connectivity index is 2.05. The zero-order valence-electron chi connectivity index (χ0n) is 9.95. The van der Waals surface area contributed by atoms with Crippen molar-refractivity contribution in [3.63, 3.8) is 0 Å². The fourth-order valence-corrected chi connectivity index (χ4v) is 2.35. The minimum atomic E-state index is -0.0294. The average molecular weight is 297 g/mol. The van der Waals surface area contributed by atoms with Gasteiger partial charge >= 0.3 is 0 Å². The largest absolute Gasteiger partial charge is 0.314 e. The molecule has 4 heteroatoms. The van der Waals surface area contributed by atoms with Crippen molar-refractivity contribution in [1.29, 1.82) is 0 Å². The molecule has 0 radical (unpaired) electrons. The van der Waals surface area contributed by atoms with E-state index in [0.29, 0.717) is 0 Å². The van der Waals surface area contributed by atoms with Crippen molar-refractivity contribution >= 4 is 21.7 Å². The lowest BCUT2D eigenvalue weighted by Gasteiger charge is -2.31. The molecule has 0 bridgehead atoms. The van der Waals surface area contributed by atoms with Crippen LogP contribution in [0, 0.1) is 0 Å². The number of hydrogen-bond acceptors (Lipinski definition) is 3. The molecule has 1 atom stereocenters. The van der Waals surface area contributed by atoms with Crippen LogP contribution in [0.25, 0.3) is 0 Å². The molecule has 1 saturated heterocycles. The predicted octanol–water partition coefficient (Wildman–Crippen LogP) is 1.93. The second-order valence-corrected chi connectivity index (χ2v) is 5.25. The molecule has 3 nitrogen and oxygen atoms in total. The Hall–Kier alpha value is -0.710. The van der Waals surface area contributed by atoms with Crippen molar-refractivity contribution in [2.24, 2.45) is 0 Å². The van der Waals surface area contributed by atoms with Gasteiger partial charge in [0.1, 0.15) is 0 Å². The van der Waals surface area contributed by atoms with Gasteiger partial charge in [0, 0.05) is 36.2 Å². The van der Waals surface area contributed by atoms with Gasteiger partial charge in [-0.3, -0.25) is 9.69 Å². The van der Waals surface area contributed by atoms with E-state index in [9.17, 15) is 4.79 Å². The maximum absolute atomic E-state index is 12.3. The smallest absolute Gasteiger partial charge is 0.179 e. The summed E-state index contributed by atoms with van der Waals surface area (Å²) >= 11 is 3.38. The molecule has 1 aliphatic rings. The van der Waals surface area contributed by atoms with Crippen molar-refractivity contribution in [3.8, 4) is 0 Å². The highest BCUT2D eigenvalue weighted by atomic mass is 79.9. The van der Waals surface area contributed by atoms with E-state index in [1.54, 1.807) is 0 Å². The number of benzene rings is 1. The summed E-state index contributed by atoms with van der Waals surface area (Å²) in [6, 6.07) is 7.56. The number of piperazine rings is 1. The summed E-state index contributed by atoms with van der Waals surface area (Å²) in [5.41, 5.74) is 0.791. The van der Waals surface area contributed by atoms with Crippen LogP contribution < -0.4 is 5.32 Å². The molecule has 1 N–H and O–H groups in total. The Labute approximate surface area is 110 Å². The van der Waals surface area contributed by atoms with Crippen LogP contribution in [0.5, 0.6) is 0 Å². The van der Waals surface area contributed by atoms with Crippen molar-refractivity contribution in [3.05, 3.63) is 34.3 Å². The molecular weight excluding hydrogens is 280 g/mol. The molecule has 17 heavy (non-hydrogen) atoms. The molecule has 0 amide bonds. The molecule has 1 fully saturated rings. The highest BCUT2D eigenvalue weighted by Crippen LogP contribution is 2.14. The van der Waals surface area contributed by atoms with Crippen LogP contribution in [-0.4, -0.2) is 42.9 Å². The van der Waals surface area contributed by atoms with E-state index in [0.717, 1.165) is 36.2 Å². The number of Topliss-reactive ketones (excluding diaryl/α,β-unsaturated/α-hetero) is 1. The summed E-state index contributed by atoms with van der Waals surface area (Å²) < 4.78 is 1.00. The number of nitrogens with zero attached hydrogens (tertiary/aromatic N) is 1. The maximum Gasteiger partial charge on any atom is 0.179 e. The molecule has 92 valence electrons. The number of rotatable bonds is 3. The highest BCUT2D eigenvalue weighted by Gasteiger charge is 2.23. The zero-order chi connectivity index (χ0) is 12.3. The topological polar surface area (TPSA) is 32.3 Å². The molecule has 1 unspecified atom stereocenters. The number of ketones is 1. The first-order chi connectivity index (χ1) is 8.18. The van der Waals surface area contributed by atoms with Gasteiger partial charge in [0.2, 0.25) is 0 Å². The Kier molecular flexibility index (Phi) is 4.31. The van der Waals surface area contributed by atoms with Crippen LogP contribution in [0.4, 0.5) is 0 Å². The molecule has 1 heterocycles. The van der Waals surface area contributed by atoms with Crippen LogP contribution in [0.15, 0.2) is 28.7 Å². The Bertz CT molecular complexity index is 385. The lowest BCUT2D eigenvalue weighted by atomic mass is 10.0. The van der Waals surface area contributed by atoms with E-state index >= 15 is 0 Å². The highest BCUT2D eigenvalue weighted by molar-refractivity contribution is 9.10. The van der Waals surface area contributed by atoms with Gasteiger partial charge in [-0.1, -0.05) is 28.1 Å². The van der Waals surface area contributed by atoms with Gasteiger partial charge in [0.15, 0.2) is 5.78 Å². The quantitative estimate of drug-likeness (QED) is 0.865. The standard InChI is InChI=1S/C13H17BrN2O/c1-10(16-8-6-15-7-9-16)13(17)11-2-4-12(14)5-3-11/h2-5,10,15H,6-9H2,1H3. The normalized spacial score (nSPS) is 18.9. The zero-order valence-corrected chi connectivity index (χ0v) is 11.5. The van der Waals surface area contributed by atoms with E-state index < -0.39 is 0 Å². The summed E-state index contributed by atoms with van der Waals surface area (Å²) in [7, 11) is 0. The number of carbonyl (C=O) groups excluding carboxylic acids is 1. The lowest BCUT2D eigenvalue weighted by molar-refractivity contribution is 0.0820. The molecule has 1 aromatic rings. The van der Waals surface area contributed by atoms with E-state index in [-0.39, 0.29) is 11.8 Å². The lowest BCUT2D eigenvalue weighted by Crippen LogP contribution is -2.50. The van der Waals surface area contributed by atoms with Crippen molar-refractivity contribution in [2.45, 2.75) is 13.0 Å². The second kappa shape index (κ2) is 5.76. The summed E-state index contributed by atoms with van der Waals surface area (Å²) in [6.45, 7) is 5.83. The van der Waals surface area contributed by atoms with Crippen molar-refractivity contribution in [2.75, 3.05) is 26.2 Å². The van der Waals surface area contributed by atoms with E-state index in [1.165, 1.54) is 0 Å². The molecule has 0 aliphatic carbocycles. The third-order valence-electron chi connectivity index (χ3n) is 3.21. The number of halogens is 1. The fraction of sp³-hybridized carbons (Fsp3) is 0.462. The van der Waals surface area contributed by atoms with E-state index in [2.05, 4.69) is 26.1 Å². The van der Waals surface area contributed by atoms with Gasteiger partial charge in [-0.25, -0.2) is 0 Å². The first-order valence-corrected chi connectivity index (χ1v) is 6.72. The summed E-state index contributed by atoms with van der Waals surface area (Å²) in [5.74, 6) is 0.208. The molecule has 0 saturated carbocycles. The first kappa shape index (κ1) is 12.7. The van der Waals surface area contributed by atoms with Crippen molar-refractivity contribution < 1.29 is 4.79 Å². The summed E-state index contributed by atoms with van der Waals surface area (Å²) in [6.07, 6.45) is 0. The van der Waals surface area contributed by atoms with Crippen LogP contribution in [-0.2, 0) is 0 Å². The molecule has 1 aliphatic heterocycles. The monoisotopic (exact) mass is 296 g/mol. The van der Waals surface area contributed by atoms with Crippen LogP contribution in [0.1, 0.15) is 17.3 Å².